The van der Waals surface area contributed by atoms with Gasteiger partial charge in [-0.3, -0.25) is 25.0 Å². The summed E-state index contributed by atoms with van der Waals surface area (Å²) >= 11 is 0. The SMILES string of the molecule is CN=CC(=CN)c1cc(Cc2ccc(NC(=O)N3CCC(C)(C)C3=O)nc2C)ccn1. The summed E-state index contributed by atoms with van der Waals surface area (Å²) in [6, 6.07) is 7.16. The number of aliphatic imine (C=N–C) groups is 1. The highest BCUT2D eigenvalue weighted by Crippen LogP contribution is 2.30. The molecule has 0 aliphatic carbocycles. The predicted octanol–water partition coefficient (Wildman–Crippen LogP) is 3.17. The van der Waals surface area contributed by atoms with Crippen LogP contribution in [-0.4, -0.2) is 46.6 Å². The van der Waals surface area contributed by atoms with E-state index in [0.717, 1.165) is 28.1 Å². The number of hydrogen-bond donors (Lipinski definition) is 2. The number of anilines is 1. The number of likely N-dealkylation sites (tertiary alicyclic amines) is 1. The van der Waals surface area contributed by atoms with E-state index in [1.54, 1.807) is 25.5 Å². The number of nitrogens with one attached hydrogen (secondary N) is 1. The molecule has 0 spiro atoms. The monoisotopic (exact) mass is 420 g/mol. The summed E-state index contributed by atoms with van der Waals surface area (Å²) in [5.41, 5.74) is 9.55. The van der Waals surface area contributed by atoms with Gasteiger partial charge in [0.05, 0.1) is 5.69 Å². The molecule has 3 rings (SSSR count). The zero-order valence-electron chi connectivity index (χ0n) is 18.3. The first kappa shape index (κ1) is 22.1. The number of hydrogen-bond acceptors (Lipinski definition) is 6. The number of aromatic nitrogens is 2. The second-order valence-corrected chi connectivity index (χ2v) is 8.20. The molecule has 8 heteroatoms. The molecule has 0 bridgehead atoms. The lowest BCUT2D eigenvalue weighted by atomic mass is 9.92. The number of aryl methyl sites for hydroxylation is 1. The molecule has 8 nitrogen and oxygen atoms in total. The largest absolute Gasteiger partial charge is 0.404 e. The molecule has 0 aromatic carbocycles. The van der Waals surface area contributed by atoms with Crippen LogP contribution in [0, 0.1) is 12.3 Å². The fourth-order valence-corrected chi connectivity index (χ4v) is 3.48. The van der Waals surface area contributed by atoms with Crippen LogP contribution in [0.15, 0.2) is 41.7 Å². The van der Waals surface area contributed by atoms with E-state index in [2.05, 4.69) is 20.3 Å². The Balaban J connectivity index is 1.72. The van der Waals surface area contributed by atoms with Gasteiger partial charge in [0.25, 0.3) is 0 Å². The van der Waals surface area contributed by atoms with Crippen LogP contribution < -0.4 is 11.1 Å². The molecule has 1 aliphatic rings. The maximum Gasteiger partial charge on any atom is 0.329 e. The average molecular weight is 421 g/mol. The third-order valence-electron chi connectivity index (χ3n) is 5.42. The van der Waals surface area contributed by atoms with E-state index >= 15 is 0 Å². The third kappa shape index (κ3) is 4.96. The van der Waals surface area contributed by atoms with Gasteiger partial charge in [0.2, 0.25) is 5.91 Å². The second-order valence-electron chi connectivity index (χ2n) is 8.20. The molecule has 0 atom stereocenters. The quantitative estimate of drug-likeness (QED) is 0.721. The number of nitrogens with two attached hydrogens (primary N) is 1. The molecule has 3 heterocycles. The molecule has 2 aromatic heterocycles. The minimum Gasteiger partial charge on any atom is -0.404 e. The molecule has 0 unspecified atom stereocenters. The summed E-state index contributed by atoms with van der Waals surface area (Å²) < 4.78 is 0. The zero-order chi connectivity index (χ0) is 22.6. The Kier molecular flexibility index (Phi) is 6.48. The summed E-state index contributed by atoms with van der Waals surface area (Å²) in [5, 5.41) is 2.74. The van der Waals surface area contributed by atoms with Crippen LogP contribution in [0.4, 0.5) is 10.6 Å². The molecule has 162 valence electrons. The normalized spacial score (nSPS) is 16.2. The number of carbonyl (C=O) groups is 2. The molecular formula is C23H28N6O2. The number of pyridine rings is 2. The van der Waals surface area contributed by atoms with Crippen LogP contribution in [0.25, 0.3) is 5.57 Å². The van der Waals surface area contributed by atoms with E-state index in [9.17, 15) is 9.59 Å². The summed E-state index contributed by atoms with van der Waals surface area (Å²) in [6.07, 6.45) is 6.20. The minimum absolute atomic E-state index is 0.161. The zero-order valence-corrected chi connectivity index (χ0v) is 18.3. The van der Waals surface area contributed by atoms with E-state index in [0.29, 0.717) is 25.2 Å². The van der Waals surface area contributed by atoms with E-state index in [1.165, 1.54) is 11.1 Å². The Morgan fingerprint density at radius 3 is 2.74 bits per heavy atom. The van der Waals surface area contributed by atoms with Gasteiger partial charge in [-0.15, -0.1) is 0 Å². The fourth-order valence-electron chi connectivity index (χ4n) is 3.48. The van der Waals surface area contributed by atoms with Gasteiger partial charge in [0, 0.05) is 48.9 Å². The van der Waals surface area contributed by atoms with Crippen molar-refractivity contribution >= 4 is 29.5 Å². The predicted molar refractivity (Wildman–Crippen MR) is 122 cm³/mol. The maximum atomic E-state index is 12.5. The highest BCUT2D eigenvalue weighted by atomic mass is 16.2. The Labute approximate surface area is 182 Å². The van der Waals surface area contributed by atoms with E-state index in [-0.39, 0.29) is 5.91 Å². The lowest BCUT2D eigenvalue weighted by Gasteiger charge is -2.18. The van der Waals surface area contributed by atoms with Crippen LogP contribution in [0.5, 0.6) is 0 Å². The van der Waals surface area contributed by atoms with Gasteiger partial charge in [0.1, 0.15) is 5.82 Å². The summed E-state index contributed by atoms with van der Waals surface area (Å²) in [4.78, 5) is 39.0. The Hall–Kier alpha value is -3.55. The Bertz CT molecular complexity index is 1060. The molecular weight excluding hydrogens is 392 g/mol. The van der Waals surface area contributed by atoms with E-state index < -0.39 is 11.4 Å². The molecule has 1 saturated heterocycles. The van der Waals surface area contributed by atoms with Crippen LogP contribution in [-0.2, 0) is 11.2 Å². The Morgan fingerprint density at radius 1 is 1.35 bits per heavy atom. The van der Waals surface area contributed by atoms with Crippen molar-refractivity contribution in [2.45, 2.75) is 33.6 Å². The van der Waals surface area contributed by atoms with Crippen molar-refractivity contribution < 1.29 is 9.59 Å². The lowest BCUT2D eigenvalue weighted by molar-refractivity contribution is -0.131. The van der Waals surface area contributed by atoms with Gasteiger partial charge >= 0.3 is 6.03 Å². The summed E-state index contributed by atoms with van der Waals surface area (Å²) in [6.45, 7) is 6.02. The molecule has 1 fully saturated rings. The van der Waals surface area contributed by atoms with Crippen LogP contribution in [0.1, 0.15) is 42.8 Å². The molecule has 2 aromatic rings. The Morgan fingerprint density at radius 2 is 2.13 bits per heavy atom. The average Bonchev–Trinajstić information content (AvgIpc) is 3.01. The minimum atomic E-state index is -0.504. The molecule has 0 saturated carbocycles. The topological polar surface area (TPSA) is 114 Å². The van der Waals surface area contributed by atoms with Gasteiger partial charge < -0.3 is 5.73 Å². The molecule has 31 heavy (non-hydrogen) atoms. The number of rotatable bonds is 5. The fraction of sp³-hybridized carbons (Fsp3) is 0.348. The maximum absolute atomic E-state index is 12.5. The standard InChI is InChI=1S/C23H28N6O2/c1-15-17(11-16-7-9-26-19(12-16)18(13-24)14-25-4)5-6-20(27-15)28-22(31)29-10-8-23(2,3)21(29)30/h5-7,9,12-14H,8,10-11,24H2,1-4H3,(H,27,28,31). The first-order valence-electron chi connectivity index (χ1n) is 10.1. The van der Waals surface area contributed by atoms with E-state index in [4.69, 9.17) is 5.73 Å². The number of imide groups is 1. The molecule has 0 radical (unpaired) electrons. The van der Waals surface area contributed by atoms with Gasteiger partial charge in [-0.1, -0.05) is 19.9 Å². The van der Waals surface area contributed by atoms with Crippen molar-refractivity contribution in [3.8, 4) is 0 Å². The number of nitrogens with zero attached hydrogens (tertiary/aromatic N) is 4. The van der Waals surface area contributed by atoms with Crippen molar-refractivity contribution in [2.75, 3.05) is 18.9 Å². The van der Waals surface area contributed by atoms with Crippen molar-refractivity contribution in [3.05, 3.63) is 59.2 Å². The highest BCUT2D eigenvalue weighted by Gasteiger charge is 2.41. The van der Waals surface area contributed by atoms with Gasteiger partial charge in [-0.25, -0.2) is 9.78 Å². The smallest absolute Gasteiger partial charge is 0.329 e. The lowest BCUT2D eigenvalue weighted by Crippen LogP contribution is -2.39. The number of allylic oxidation sites excluding steroid dienone is 1. The first-order chi connectivity index (χ1) is 14.7. The van der Waals surface area contributed by atoms with Crippen molar-refractivity contribution in [1.82, 2.24) is 14.9 Å². The summed E-state index contributed by atoms with van der Waals surface area (Å²) in [7, 11) is 1.68. The van der Waals surface area contributed by atoms with Crippen LogP contribution in [0.2, 0.25) is 0 Å². The van der Waals surface area contributed by atoms with Crippen molar-refractivity contribution in [3.63, 3.8) is 0 Å². The number of urea groups is 1. The molecule has 3 N–H and O–H groups in total. The van der Waals surface area contributed by atoms with Gasteiger partial charge in [-0.2, -0.15) is 0 Å². The highest BCUT2D eigenvalue weighted by molar-refractivity contribution is 6.08. The number of carbonyl (C=O) groups excluding carboxylic acids is 2. The number of amides is 3. The van der Waals surface area contributed by atoms with E-state index in [1.807, 2.05) is 39.0 Å². The van der Waals surface area contributed by atoms with Crippen molar-refractivity contribution in [1.29, 1.82) is 0 Å². The third-order valence-corrected chi connectivity index (χ3v) is 5.42. The van der Waals surface area contributed by atoms with Crippen LogP contribution in [0.3, 0.4) is 0 Å². The molecule has 1 aliphatic heterocycles. The van der Waals surface area contributed by atoms with Crippen LogP contribution >= 0.6 is 0 Å². The first-order valence-corrected chi connectivity index (χ1v) is 10.1. The van der Waals surface area contributed by atoms with Gasteiger partial charge in [0.15, 0.2) is 0 Å². The second kappa shape index (κ2) is 9.07. The molecule has 3 amide bonds. The van der Waals surface area contributed by atoms with Gasteiger partial charge in [-0.05, 0) is 49.1 Å². The summed E-state index contributed by atoms with van der Waals surface area (Å²) in [5.74, 6) is 0.262. The van der Waals surface area contributed by atoms with Crippen molar-refractivity contribution in [2.24, 2.45) is 16.1 Å².